The minimum Gasteiger partial charge on any atom is -0.465 e. The third kappa shape index (κ3) is 3.45. The molecule has 0 aliphatic carbocycles. The molecule has 0 radical (unpaired) electrons. The molecule has 0 saturated heterocycles. The molecule has 0 N–H and O–H groups in total. The van der Waals surface area contributed by atoms with Gasteiger partial charge in [0, 0.05) is 5.39 Å². The van der Waals surface area contributed by atoms with Crippen molar-refractivity contribution in [2.45, 2.75) is 12.8 Å². The lowest BCUT2D eigenvalue weighted by molar-refractivity contribution is -0.386. The highest BCUT2D eigenvalue weighted by atomic mass is 35.5. The first-order valence-electron chi connectivity index (χ1n) is 7.70. The van der Waals surface area contributed by atoms with Crippen molar-refractivity contribution in [3.05, 3.63) is 69.4 Å². The van der Waals surface area contributed by atoms with E-state index >= 15 is 0 Å². The number of carbonyl (C=O) groups excluding carboxylic acids is 1. The van der Waals surface area contributed by atoms with Gasteiger partial charge in [-0.3, -0.25) is 19.9 Å². The number of esters is 1. The summed E-state index contributed by atoms with van der Waals surface area (Å²) in [4.78, 5) is 35.3. The van der Waals surface area contributed by atoms with Crippen LogP contribution >= 0.6 is 11.6 Å². The average Bonchev–Trinajstić information content (AvgIpc) is 2.62. The third-order valence-electron chi connectivity index (χ3n) is 3.68. The summed E-state index contributed by atoms with van der Waals surface area (Å²) >= 11 is 5.81. The van der Waals surface area contributed by atoms with Crippen LogP contribution in [0.2, 0.25) is 5.28 Å². The van der Waals surface area contributed by atoms with Gasteiger partial charge in [0.15, 0.2) is 0 Å². The van der Waals surface area contributed by atoms with Crippen LogP contribution in [0.15, 0.2) is 42.6 Å². The van der Waals surface area contributed by atoms with E-state index in [2.05, 4.69) is 15.0 Å². The fourth-order valence-corrected chi connectivity index (χ4v) is 2.70. The van der Waals surface area contributed by atoms with Gasteiger partial charge in [0.05, 0.1) is 22.7 Å². The van der Waals surface area contributed by atoms with Crippen LogP contribution in [0.5, 0.6) is 0 Å². The van der Waals surface area contributed by atoms with E-state index in [9.17, 15) is 14.9 Å². The molecule has 0 saturated carbocycles. The SMILES string of the molecule is CCOC(=O)C(c1ccc2ccccc2n1)c1nc(Cl)ncc1[N+](=O)[O-]. The fraction of sp³-hybridized carbons (Fsp3) is 0.176. The maximum Gasteiger partial charge on any atom is 0.321 e. The number of fused-ring (bicyclic) bond motifs is 1. The Morgan fingerprint density at radius 3 is 2.77 bits per heavy atom. The fourth-order valence-electron chi connectivity index (χ4n) is 2.56. The summed E-state index contributed by atoms with van der Waals surface area (Å²) in [5.41, 5.74) is 0.334. The smallest absolute Gasteiger partial charge is 0.321 e. The van der Waals surface area contributed by atoms with Gasteiger partial charge in [0.1, 0.15) is 17.8 Å². The minimum atomic E-state index is -1.19. The summed E-state index contributed by atoms with van der Waals surface area (Å²) in [5, 5.41) is 12.0. The topological polar surface area (TPSA) is 108 Å². The summed E-state index contributed by atoms with van der Waals surface area (Å²) < 4.78 is 5.09. The number of nitrogens with zero attached hydrogens (tertiary/aromatic N) is 4. The van der Waals surface area contributed by atoms with Crippen molar-refractivity contribution in [1.82, 2.24) is 15.0 Å². The molecule has 0 aliphatic heterocycles. The molecule has 8 nitrogen and oxygen atoms in total. The lowest BCUT2D eigenvalue weighted by atomic mass is 9.98. The minimum absolute atomic E-state index is 0.107. The second-order valence-electron chi connectivity index (χ2n) is 5.28. The van der Waals surface area contributed by atoms with E-state index in [0.717, 1.165) is 11.6 Å². The number of hydrogen-bond acceptors (Lipinski definition) is 7. The standard InChI is InChI=1S/C17H13ClN4O4/c1-2-26-16(23)14(15-13(22(24)25)9-19-17(18)21-15)12-8-7-10-5-3-4-6-11(10)20-12/h3-9,14H,2H2,1H3. The maximum absolute atomic E-state index is 12.6. The number of halogens is 1. The van der Waals surface area contributed by atoms with Gasteiger partial charge in [-0.15, -0.1) is 0 Å². The Morgan fingerprint density at radius 1 is 1.27 bits per heavy atom. The third-order valence-corrected chi connectivity index (χ3v) is 3.86. The molecule has 0 spiro atoms. The molecule has 1 unspecified atom stereocenters. The monoisotopic (exact) mass is 372 g/mol. The molecule has 9 heteroatoms. The Hall–Kier alpha value is -3.13. The number of carbonyl (C=O) groups is 1. The van der Waals surface area contributed by atoms with Gasteiger partial charge in [0.2, 0.25) is 5.28 Å². The van der Waals surface area contributed by atoms with Crippen LogP contribution in [0.4, 0.5) is 5.69 Å². The molecule has 1 atom stereocenters. The first-order valence-corrected chi connectivity index (χ1v) is 8.08. The molecule has 3 aromatic rings. The number of rotatable bonds is 5. The summed E-state index contributed by atoms with van der Waals surface area (Å²) in [6.07, 6.45) is 0.970. The second kappa shape index (κ2) is 7.40. The van der Waals surface area contributed by atoms with E-state index in [1.54, 1.807) is 25.1 Å². The van der Waals surface area contributed by atoms with Gasteiger partial charge in [-0.05, 0) is 30.7 Å². The van der Waals surface area contributed by atoms with Crippen LogP contribution in [-0.2, 0) is 9.53 Å². The highest BCUT2D eigenvalue weighted by Crippen LogP contribution is 2.31. The number of benzene rings is 1. The predicted molar refractivity (Wildman–Crippen MR) is 93.9 cm³/mol. The molecular weight excluding hydrogens is 360 g/mol. The van der Waals surface area contributed by atoms with Gasteiger partial charge in [-0.25, -0.2) is 9.97 Å². The summed E-state index contributed by atoms with van der Waals surface area (Å²) in [5.74, 6) is -1.89. The number of pyridine rings is 1. The van der Waals surface area contributed by atoms with Crippen molar-refractivity contribution < 1.29 is 14.5 Å². The van der Waals surface area contributed by atoms with Crippen LogP contribution in [0.1, 0.15) is 24.2 Å². The van der Waals surface area contributed by atoms with Crippen LogP contribution in [0.25, 0.3) is 10.9 Å². The molecule has 26 heavy (non-hydrogen) atoms. The van der Waals surface area contributed by atoms with Crippen molar-refractivity contribution in [2.24, 2.45) is 0 Å². The first-order chi connectivity index (χ1) is 12.5. The summed E-state index contributed by atoms with van der Waals surface area (Å²) in [7, 11) is 0. The molecule has 132 valence electrons. The highest BCUT2D eigenvalue weighted by Gasteiger charge is 2.34. The lowest BCUT2D eigenvalue weighted by Gasteiger charge is -2.15. The highest BCUT2D eigenvalue weighted by molar-refractivity contribution is 6.28. The zero-order valence-corrected chi connectivity index (χ0v) is 14.4. The quantitative estimate of drug-likeness (QED) is 0.292. The molecule has 1 aromatic carbocycles. The van der Waals surface area contributed by atoms with Crippen molar-refractivity contribution in [3.63, 3.8) is 0 Å². The van der Waals surface area contributed by atoms with Crippen molar-refractivity contribution in [3.8, 4) is 0 Å². The van der Waals surface area contributed by atoms with E-state index in [1.807, 2.05) is 18.2 Å². The Morgan fingerprint density at radius 2 is 2.04 bits per heavy atom. The number of hydrogen-bond donors (Lipinski definition) is 0. The van der Waals surface area contributed by atoms with E-state index in [4.69, 9.17) is 16.3 Å². The number of ether oxygens (including phenoxy) is 1. The Balaban J connectivity index is 2.21. The van der Waals surface area contributed by atoms with Crippen LogP contribution < -0.4 is 0 Å². The number of para-hydroxylation sites is 1. The summed E-state index contributed by atoms with van der Waals surface area (Å²) in [6.45, 7) is 1.75. The van der Waals surface area contributed by atoms with Crippen molar-refractivity contribution in [2.75, 3.05) is 6.61 Å². The Kier molecular flexibility index (Phi) is 5.04. The lowest BCUT2D eigenvalue weighted by Crippen LogP contribution is -2.21. The number of aromatic nitrogens is 3. The number of nitro groups is 1. The van der Waals surface area contributed by atoms with E-state index in [-0.39, 0.29) is 23.3 Å². The first kappa shape index (κ1) is 17.7. The van der Waals surface area contributed by atoms with Crippen LogP contribution in [-0.4, -0.2) is 32.5 Å². The van der Waals surface area contributed by atoms with Crippen molar-refractivity contribution >= 4 is 34.2 Å². The molecule has 2 heterocycles. The largest absolute Gasteiger partial charge is 0.465 e. The van der Waals surface area contributed by atoms with E-state index in [1.165, 1.54) is 0 Å². The van der Waals surface area contributed by atoms with Crippen molar-refractivity contribution in [1.29, 1.82) is 0 Å². The molecule has 3 rings (SSSR count). The second-order valence-corrected chi connectivity index (χ2v) is 5.62. The van der Waals surface area contributed by atoms with Crippen LogP contribution in [0, 0.1) is 10.1 Å². The molecule has 0 amide bonds. The van der Waals surface area contributed by atoms with Gasteiger partial charge < -0.3 is 4.74 Å². The van der Waals surface area contributed by atoms with Crippen LogP contribution in [0.3, 0.4) is 0 Å². The van der Waals surface area contributed by atoms with Gasteiger partial charge in [-0.1, -0.05) is 24.3 Å². The zero-order valence-electron chi connectivity index (χ0n) is 13.6. The van der Waals surface area contributed by atoms with E-state index < -0.39 is 22.5 Å². The Bertz CT molecular complexity index is 995. The van der Waals surface area contributed by atoms with Gasteiger partial charge in [0.25, 0.3) is 0 Å². The van der Waals surface area contributed by atoms with Gasteiger partial charge >= 0.3 is 11.7 Å². The summed E-state index contributed by atoms with van der Waals surface area (Å²) in [6, 6.07) is 10.7. The molecular formula is C17H13ClN4O4. The van der Waals surface area contributed by atoms with Gasteiger partial charge in [-0.2, -0.15) is 0 Å². The molecule has 2 aromatic heterocycles. The molecule has 0 aliphatic rings. The average molecular weight is 373 g/mol. The van der Waals surface area contributed by atoms with E-state index in [0.29, 0.717) is 5.52 Å². The normalized spacial score (nSPS) is 11.9. The zero-order chi connectivity index (χ0) is 18.7. The predicted octanol–water partition coefficient (Wildman–Crippen LogP) is 3.28. The maximum atomic E-state index is 12.6. The molecule has 0 bridgehead atoms. The molecule has 0 fully saturated rings. The Labute approximate surface area is 153 Å².